The molecule has 1 heterocycles. The van der Waals surface area contributed by atoms with E-state index in [2.05, 4.69) is 25.6 Å². The zero-order valence-corrected chi connectivity index (χ0v) is 13.9. The molecule has 1 aliphatic carbocycles. The van der Waals surface area contributed by atoms with Gasteiger partial charge in [0.1, 0.15) is 4.90 Å². The lowest BCUT2D eigenvalue weighted by Gasteiger charge is -2.38. The highest BCUT2D eigenvalue weighted by Crippen LogP contribution is 2.37. The molecule has 21 heavy (non-hydrogen) atoms. The number of pyridine rings is 1. The molecule has 0 spiro atoms. The highest BCUT2D eigenvalue weighted by Gasteiger charge is 2.44. The third-order valence-electron chi connectivity index (χ3n) is 3.98. The minimum absolute atomic E-state index is 0.0233. The molecule has 0 saturated heterocycles. The first-order valence-corrected chi connectivity index (χ1v) is 8.89. The topological polar surface area (TPSA) is 96.4 Å². The van der Waals surface area contributed by atoms with Gasteiger partial charge < -0.3 is 5.11 Å². The number of carboxylic acids is 1. The van der Waals surface area contributed by atoms with Gasteiger partial charge in [-0.15, -0.1) is 0 Å². The number of hydrogen-bond acceptors (Lipinski definition) is 4. The lowest BCUT2D eigenvalue weighted by Crippen LogP contribution is -2.52. The molecule has 2 N–H and O–H groups in total. The van der Waals surface area contributed by atoms with Crippen molar-refractivity contribution in [2.75, 3.05) is 0 Å². The van der Waals surface area contributed by atoms with Crippen molar-refractivity contribution in [3.63, 3.8) is 0 Å². The van der Waals surface area contributed by atoms with Gasteiger partial charge in [0, 0.05) is 22.9 Å². The largest absolute Gasteiger partial charge is 0.481 e. The van der Waals surface area contributed by atoms with Crippen LogP contribution in [-0.4, -0.2) is 30.5 Å². The van der Waals surface area contributed by atoms with E-state index >= 15 is 0 Å². The molecule has 2 rings (SSSR count). The number of carboxylic acid groups (broad SMARTS) is 1. The van der Waals surface area contributed by atoms with E-state index in [1.54, 1.807) is 6.92 Å². The van der Waals surface area contributed by atoms with E-state index in [-0.39, 0.29) is 4.90 Å². The van der Waals surface area contributed by atoms with Crippen LogP contribution in [0.25, 0.3) is 0 Å². The number of nitrogens with zero attached hydrogens (tertiary/aromatic N) is 1. The van der Waals surface area contributed by atoms with Gasteiger partial charge in [-0.05, 0) is 41.8 Å². The van der Waals surface area contributed by atoms with E-state index in [0.29, 0.717) is 17.3 Å². The lowest BCUT2D eigenvalue weighted by atomic mass is 9.72. The average molecular weight is 377 g/mol. The number of carbonyl (C=O) groups is 1. The fourth-order valence-corrected chi connectivity index (χ4v) is 4.46. The molecule has 0 amide bonds. The number of aromatic nitrogens is 1. The van der Waals surface area contributed by atoms with Gasteiger partial charge >= 0.3 is 5.97 Å². The maximum atomic E-state index is 12.4. The van der Waals surface area contributed by atoms with E-state index in [4.69, 9.17) is 0 Å². The molecule has 0 aromatic carbocycles. The predicted molar refractivity (Wildman–Crippen MR) is 80.3 cm³/mol. The van der Waals surface area contributed by atoms with Crippen molar-refractivity contribution in [3.05, 3.63) is 22.9 Å². The van der Waals surface area contributed by atoms with Crippen molar-refractivity contribution in [1.82, 2.24) is 9.71 Å². The van der Waals surface area contributed by atoms with Crippen LogP contribution in [0.4, 0.5) is 0 Å². The smallest absolute Gasteiger partial charge is 0.310 e. The molecular weight excluding hydrogens is 360 g/mol. The summed E-state index contributed by atoms with van der Waals surface area (Å²) in [6, 6.07) is 0.823. The number of nitrogens with one attached hydrogen (secondary N) is 1. The van der Waals surface area contributed by atoms with Crippen LogP contribution in [0.3, 0.4) is 0 Å². The maximum absolute atomic E-state index is 12.4. The Kier molecular flexibility index (Phi) is 4.69. The Hall–Kier alpha value is -0.990. The van der Waals surface area contributed by atoms with Crippen molar-refractivity contribution >= 4 is 31.9 Å². The van der Waals surface area contributed by atoms with E-state index in [1.807, 2.05) is 0 Å². The first kappa shape index (κ1) is 16.4. The lowest BCUT2D eigenvalue weighted by molar-refractivity contribution is -0.151. The molecule has 1 aromatic heterocycles. The van der Waals surface area contributed by atoms with Gasteiger partial charge in [0.25, 0.3) is 0 Å². The number of halogens is 1. The van der Waals surface area contributed by atoms with Crippen LogP contribution in [-0.2, 0) is 14.8 Å². The van der Waals surface area contributed by atoms with Gasteiger partial charge in [-0.1, -0.05) is 12.8 Å². The molecule has 2 atom stereocenters. The minimum atomic E-state index is -3.79. The fraction of sp³-hybridized carbons (Fsp3) is 0.538. The fourth-order valence-electron chi connectivity index (χ4n) is 2.57. The summed E-state index contributed by atoms with van der Waals surface area (Å²) in [6.07, 6.45) is 5.32. The normalized spacial score (nSPS) is 26.5. The zero-order valence-electron chi connectivity index (χ0n) is 11.5. The summed E-state index contributed by atoms with van der Waals surface area (Å²) in [7, 11) is -3.79. The van der Waals surface area contributed by atoms with Gasteiger partial charge in [0.05, 0.1) is 5.41 Å². The summed E-state index contributed by atoms with van der Waals surface area (Å²) in [5, 5.41) is 9.42. The average Bonchev–Trinajstić information content (AvgIpc) is 2.41. The van der Waals surface area contributed by atoms with Gasteiger partial charge in [-0.25, -0.2) is 13.1 Å². The quantitative estimate of drug-likeness (QED) is 0.838. The molecule has 2 unspecified atom stereocenters. The number of rotatable bonds is 4. The van der Waals surface area contributed by atoms with E-state index < -0.39 is 27.4 Å². The van der Waals surface area contributed by atoms with E-state index in [0.717, 1.165) is 12.8 Å². The molecule has 1 fully saturated rings. The Labute approximate surface area is 132 Å². The molecule has 8 heteroatoms. The number of aliphatic carboxylic acids is 1. The Morgan fingerprint density at radius 1 is 1.48 bits per heavy atom. The first-order chi connectivity index (χ1) is 9.75. The van der Waals surface area contributed by atoms with Crippen LogP contribution < -0.4 is 4.72 Å². The Morgan fingerprint density at radius 2 is 2.19 bits per heavy atom. The van der Waals surface area contributed by atoms with Crippen molar-refractivity contribution in [3.8, 4) is 0 Å². The van der Waals surface area contributed by atoms with Crippen molar-refractivity contribution < 1.29 is 18.3 Å². The van der Waals surface area contributed by atoms with Crippen molar-refractivity contribution in [2.24, 2.45) is 5.41 Å². The maximum Gasteiger partial charge on any atom is 0.310 e. The monoisotopic (exact) mass is 376 g/mol. The summed E-state index contributed by atoms with van der Waals surface area (Å²) >= 11 is 3.18. The minimum Gasteiger partial charge on any atom is -0.481 e. The third kappa shape index (κ3) is 3.44. The third-order valence-corrected chi connectivity index (χ3v) is 5.86. The SMILES string of the molecule is CC1(C(=O)O)CCCCC1NS(=O)(=O)c1cncc(Br)c1. The molecule has 0 bridgehead atoms. The summed E-state index contributed by atoms with van der Waals surface area (Å²) in [4.78, 5) is 15.4. The number of hydrogen-bond donors (Lipinski definition) is 2. The molecule has 1 aliphatic rings. The first-order valence-electron chi connectivity index (χ1n) is 6.62. The summed E-state index contributed by atoms with van der Waals surface area (Å²) in [5.41, 5.74) is -1.08. The van der Waals surface area contributed by atoms with E-state index in [9.17, 15) is 18.3 Å². The second-order valence-electron chi connectivity index (χ2n) is 5.48. The Bertz CT molecular complexity index is 649. The molecule has 116 valence electrons. The van der Waals surface area contributed by atoms with Crippen LogP contribution in [0.5, 0.6) is 0 Å². The molecule has 6 nitrogen and oxygen atoms in total. The van der Waals surface area contributed by atoms with Crippen LogP contribution in [0.1, 0.15) is 32.6 Å². The van der Waals surface area contributed by atoms with Crippen LogP contribution in [0, 0.1) is 5.41 Å². The molecular formula is C13H17BrN2O4S. The molecule has 0 radical (unpaired) electrons. The Morgan fingerprint density at radius 3 is 2.81 bits per heavy atom. The number of sulfonamides is 1. The highest BCUT2D eigenvalue weighted by atomic mass is 79.9. The second-order valence-corrected chi connectivity index (χ2v) is 8.11. The zero-order chi connectivity index (χ0) is 15.7. The highest BCUT2D eigenvalue weighted by molar-refractivity contribution is 9.10. The van der Waals surface area contributed by atoms with E-state index in [1.165, 1.54) is 18.5 Å². The Balaban J connectivity index is 2.28. The van der Waals surface area contributed by atoms with Crippen molar-refractivity contribution in [1.29, 1.82) is 0 Å². The second kappa shape index (κ2) is 6.02. The summed E-state index contributed by atoms with van der Waals surface area (Å²) in [6.45, 7) is 1.60. The van der Waals surface area contributed by atoms with Gasteiger partial charge in [0.2, 0.25) is 10.0 Å². The molecule has 0 aliphatic heterocycles. The summed E-state index contributed by atoms with van der Waals surface area (Å²) in [5.74, 6) is -0.970. The summed E-state index contributed by atoms with van der Waals surface area (Å²) < 4.78 is 27.9. The van der Waals surface area contributed by atoms with Gasteiger partial charge in [-0.2, -0.15) is 0 Å². The standard InChI is InChI=1S/C13H17BrN2O4S/c1-13(12(17)18)5-3-2-4-11(13)16-21(19,20)10-6-9(14)7-15-8-10/h6-8,11,16H,2-5H2,1H3,(H,17,18). The molecule has 1 aromatic rings. The van der Waals surface area contributed by atoms with Crippen LogP contribution >= 0.6 is 15.9 Å². The predicted octanol–water partition coefficient (Wildman–Crippen LogP) is 2.16. The van der Waals surface area contributed by atoms with Crippen LogP contribution in [0.15, 0.2) is 27.8 Å². The van der Waals surface area contributed by atoms with Gasteiger partial charge in [0.15, 0.2) is 0 Å². The van der Waals surface area contributed by atoms with Gasteiger partial charge in [-0.3, -0.25) is 9.78 Å². The van der Waals surface area contributed by atoms with Crippen molar-refractivity contribution in [2.45, 2.75) is 43.5 Å². The van der Waals surface area contributed by atoms with Crippen LogP contribution in [0.2, 0.25) is 0 Å². The molecule has 1 saturated carbocycles.